The normalized spacial score (nSPS) is 28.5. The van der Waals surface area contributed by atoms with Gasteiger partial charge in [-0.25, -0.2) is 0 Å². The molecule has 1 fully saturated rings. The lowest BCUT2D eigenvalue weighted by Crippen LogP contribution is -2.36. The first-order chi connectivity index (χ1) is 8.77. The van der Waals surface area contributed by atoms with Gasteiger partial charge in [0, 0.05) is 6.61 Å². The molecule has 0 aromatic heterocycles. The van der Waals surface area contributed by atoms with E-state index in [-0.39, 0.29) is 12.2 Å². The molecule has 0 aliphatic heterocycles. The smallest absolute Gasteiger partial charge is 0.0837 e. The lowest BCUT2D eigenvalue weighted by Gasteiger charge is -2.33. The molecule has 3 heteroatoms. The first kappa shape index (κ1) is 15.9. The van der Waals surface area contributed by atoms with E-state index in [0.29, 0.717) is 13.2 Å². The van der Waals surface area contributed by atoms with Crippen molar-refractivity contribution in [1.82, 2.24) is 0 Å². The van der Waals surface area contributed by atoms with Gasteiger partial charge in [0.1, 0.15) is 0 Å². The van der Waals surface area contributed by atoms with Crippen LogP contribution in [0.25, 0.3) is 0 Å². The molecule has 0 aromatic carbocycles. The number of rotatable bonds is 9. The molecule has 3 atom stereocenters. The van der Waals surface area contributed by atoms with Crippen LogP contribution in [0.3, 0.4) is 0 Å². The Balaban J connectivity index is 2.10. The van der Waals surface area contributed by atoms with E-state index in [1.165, 1.54) is 19.3 Å². The average molecular weight is 258 g/mol. The third kappa shape index (κ3) is 6.17. The molecule has 0 amide bonds. The highest BCUT2D eigenvalue weighted by atomic mass is 16.5. The van der Waals surface area contributed by atoms with Crippen molar-refractivity contribution < 1.29 is 14.6 Å². The predicted molar refractivity (Wildman–Crippen MR) is 73.7 cm³/mol. The Morgan fingerprint density at radius 2 is 1.89 bits per heavy atom. The molecule has 0 radical (unpaired) electrons. The van der Waals surface area contributed by atoms with Crippen LogP contribution >= 0.6 is 0 Å². The monoisotopic (exact) mass is 258 g/mol. The SMILES string of the molecule is CCCCOCCOC1CC(CCC)CCC1O. The van der Waals surface area contributed by atoms with Crippen molar-refractivity contribution in [3.63, 3.8) is 0 Å². The second-order valence-corrected chi connectivity index (χ2v) is 5.41. The third-order valence-corrected chi connectivity index (χ3v) is 3.76. The van der Waals surface area contributed by atoms with Crippen molar-refractivity contribution in [3.8, 4) is 0 Å². The summed E-state index contributed by atoms with van der Waals surface area (Å²) < 4.78 is 11.2. The Morgan fingerprint density at radius 1 is 1.06 bits per heavy atom. The van der Waals surface area contributed by atoms with Crippen LogP contribution in [-0.4, -0.2) is 37.1 Å². The summed E-state index contributed by atoms with van der Waals surface area (Å²) in [6, 6.07) is 0. The first-order valence-corrected chi connectivity index (χ1v) is 7.65. The van der Waals surface area contributed by atoms with Crippen LogP contribution in [0.15, 0.2) is 0 Å². The van der Waals surface area contributed by atoms with Gasteiger partial charge in [-0.2, -0.15) is 0 Å². The zero-order valence-corrected chi connectivity index (χ0v) is 12.1. The minimum atomic E-state index is -0.270. The van der Waals surface area contributed by atoms with Crippen molar-refractivity contribution in [3.05, 3.63) is 0 Å². The molecule has 1 N–H and O–H groups in total. The van der Waals surface area contributed by atoms with Crippen molar-refractivity contribution >= 4 is 0 Å². The average Bonchev–Trinajstić information content (AvgIpc) is 2.37. The molecule has 0 aromatic rings. The minimum absolute atomic E-state index is 0.0325. The van der Waals surface area contributed by atoms with Gasteiger partial charge in [-0.3, -0.25) is 0 Å². The van der Waals surface area contributed by atoms with Gasteiger partial charge in [0.2, 0.25) is 0 Å². The summed E-state index contributed by atoms with van der Waals surface area (Å²) in [6.45, 7) is 6.48. The Labute approximate surface area is 112 Å². The third-order valence-electron chi connectivity index (χ3n) is 3.76. The number of aliphatic hydroxyl groups is 1. The molecule has 0 heterocycles. The Morgan fingerprint density at radius 3 is 2.61 bits per heavy atom. The standard InChI is InChI=1S/C15H30O3/c1-3-5-9-17-10-11-18-15-12-13(6-4-2)7-8-14(15)16/h13-16H,3-12H2,1-2H3. The molecule has 3 unspecified atom stereocenters. The fourth-order valence-corrected chi connectivity index (χ4v) is 2.65. The largest absolute Gasteiger partial charge is 0.390 e. The van der Waals surface area contributed by atoms with Gasteiger partial charge in [-0.05, 0) is 31.6 Å². The molecular formula is C15H30O3. The van der Waals surface area contributed by atoms with E-state index < -0.39 is 0 Å². The zero-order valence-electron chi connectivity index (χ0n) is 12.1. The Kier molecular flexibility index (Phi) is 8.64. The van der Waals surface area contributed by atoms with Gasteiger partial charge in [0.15, 0.2) is 0 Å². The molecule has 108 valence electrons. The number of aliphatic hydroxyl groups excluding tert-OH is 1. The highest BCUT2D eigenvalue weighted by Gasteiger charge is 2.29. The van der Waals surface area contributed by atoms with Gasteiger partial charge in [-0.15, -0.1) is 0 Å². The fourth-order valence-electron chi connectivity index (χ4n) is 2.65. The van der Waals surface area contributed by atoms with Crippen LogP contribution in [0.4, 0.5) is 0 Å². The summed E-state index contributed by atoms with van der Waals surface area (Å²) in [5.74, 6) is 0.740. The molecule has 1 saturated carbocycles. The maximum Gasteiger partial charge on any atom is 0.0837 e. The van der Waals surface area contributed by atoms with E-state index in [1.807, 2.05) is 0 Å². The number of ether oxygens (including phenoxy) is 2. The second kappa shape index (κ2) is 9.76. The maximum absolute atomic E-state index is 9.93. The highest BCUT2D eigenvalue weighted by molar-refractivity contribution is 4.80. The lowest BCUT2D eigenvalue weighted by molar-refractivity contribution is -0.0849. The quantitative estimate of drug-likeness (QED) is 0.646. The van der Waals surface area contributed by atoms with Crippen LogP contribution in [0, 0.1) is 5.92 Å². The van der Waals surface area contributed by atoms with Crippen LogP contribution in [0.1, 0.15) is 58.8 Å². The molecule has 3 nitrogen and oxygen atoms in total. The molecule has 0 saturated heterocycles. The predicted octanol–water partition coefficient (Wildman–Crippen LogP) is 3.15. The van der Waals surface area contributed by atoms with Gasteiger partial charge in [-0.1, -0.05) is 33.1 Å². The molecule has 18 heavy (non-hydrogen) atoms. The first-order valence-electron chi connectivity index (χ1n) is 7.65. The molecule has 1 aliphatic rings. The van der Waals surface area contributed by atoms with Crippen LogP contribution in [0.5, 0.6) is 0 Å². The number of unbranched alkanes of at least 4 members (excludes halogenated alkanes) is 1. The molecule has 0 spiro atoms. The Hall–Kier alpha value is -0.120. The molecular weight excluding hydrogens is 228 g/mol. The Bertz CT molecular complexity index is 196. The number of hydrogen-bond acceptors (Lipinski definition) is 3. The summed E-state index contributed by atoms with van der Waals surface area (Å²) in [4.78, 5) is 0. The summed E-state index contributed by atoms with van der Waals surface area (Å²) in [5, 5.41) is 9.93. The van der Waals surface area contributed by atoms with E-state index in [0.717, 1.165) is 38.2 Å². The van der Waals surface area contributed by atoms with Gasteiger partial charge < -0.3 is 14.6 Å². The second-order valence-electron chi connectivity index (χ2n) is 5.41. The van der Waals surface area contributed by atoms with E-state index >= 15 is 0 Å². The molecule has 1 aliphatic carbocycles. The highest BCUT2D eigenvalue weighted by Crippen LogP contribution is 2.29. The van der Waals surface area contributed by atoms with E-state index in [4.69, 9.17) is 9.47 Å². The van der Waals surface area contributed by atoms with E-state index in [1.54, 1.807) is 0 Å². The fraction of sp³-hybridized carbons (Fsp3) is 1.00. The van der Waals surface area contributed by atoms with Crippen LogP contribution in [0.2, 0.25) is 0 Å². The molecule has 0 bridgehead atoms. The summed E-state index contributed by atoms with van der Waals surface area (Å²) in [6.07, 6.45) is 7.61. The zero-order chi connectivity index (χ0) is 13.2. The summed E-state index contributed by atoms with van der Waals surface area (Å²) in [7, 11) is 0. The molecule has 1 rings (SSSR count). The minimum Gasteiger partial charge on any atom is -0.390 e. The van der Waals surface area contributed by atoms with Crippen molar-refractivity contribution in [2.75, 3.05) is 19.8 Å². The van der Waals surface area contributed by atoms with Crippen molar-refractivity contribution in [1.29, 1.82) is 0 Å². The van der Waals surface area contributed by atoms with Gasteiger partial charge in [0.05, 0.1) is 25.4 Å². The topological polar surface area (TPSA) is 38.7 Å². The summed E-state index contributed by atoms with van der Waals surface area (Å²) in [5.41, 5.74) is 0. The van der Waals surface area contributed by atoms with E-state index in [2.05, 4.69) is 13.8 Å². The van der Waals surface area contributed by atoms with Crippen LogP contribution < -0.4 is 0 Å². The lowest BCUT2D eigenvalue weighted by atomic mass is 9.83. The van der Waals surface area contributed by atoms with Crippen molar-refractivity contribution in [2.45, 2.75) is 71.0 Å². The van der Waals surface area contributed by atoms with Gasteiger partial charge in [0.25, 0.3) is 0 Å². The van der Waals surface area contributed by atoms with Crippen molar-refractivity contribution in [2.24, 2.45) is 5.92 Å². The van der Waals surface area contributed by atoms with E-state index in [9.17, 15) is 5.11 Å². The maximum atomic E-state index is 9.93. The number of hydrogen-bond donors (Lipinski definition) is 1. The summed E-state index contributed by atoms with van der Waals surface area (Å²) >= 11 is 0. The van der Waals surface area contributed by atoms with Gasteiger partial charge >= 0.3 is 0 Å². The van der Waals surface area contributed by atoms with Crippen LogP contribution in [-0.2, 0) is 9.47 Å².